The van der Waals surface area contributed by atoms with E-state index in [1.807, 2.05) is 0 Å². The number of hydrogen-bond acceptors (Lipinski definition) is 9. The van der Waals surface area contributed by atoms with Crippen molar-refractivity contribution >= 4 is 17.8 Å². The summed E-state index contributed by atoms with van der Waals surface area (Å²) in [5.74, 6) is 3.62. The van der Waals surface area contributed by atoms with Crippen molar-refractivity contribution in [1.29, 1.82) is 0 Å². The molecule has 5 N–H and O–H groups in total. The molecule has 3 aromatic rings. The summed E-state index contributed by atoms with van der Waals surface area (Å²) in [6.07, 6.45) is 6.11. The van der Waals surface area contributed by atoms with Crippen LogP contribution in [0.4, 0.5) is 17.8 Å². The van der Waals surface area contributed by atoms with Crippen molar-refractivity contribution in [3.05, 3.63) is 71.8 Å². The van der Waals surface area contributed by atoms with Gasteiger partial charge in [0.1, 0.15) is 0 Å². The number of hydrogen-bond donors (Lipinski definition) is 4. The zero-order valence-electron chi connectivity index (χ0n) is 23.3. The Morgan fingerprint density at radius 2 is 1.35 bits per heavy atom. The third-order valence-electron chi connectivity index (χ3n) is 7.97. The van der Waals surface area contributed by atoms with Gasteiger partial charge in [0.2, 0.25) is 17.8 Å². The van der Waals surface area contributed by atoms with Gasteiger partial charge in [-0.15, -0.1) is 0 Å². The summed E-state index contributed by atoms with van der Waals surface area (Å²) in [4.78, 5) is 14.1. The Labute approximate surface area is 237 Å². The first-order valence-corrected chi connectivity index (χ1v) is 14.7. The van der Waals surface area contributed by atoms with Gasteiger partial charge in [0.25, 0.3) is 0 Å². The number of nitrogens with two attached hydrogens (primary N) is 1. The Morgan fingerprint density at radius 1 is 0.725 bits per heavy atom. The molecule has 2 fully saturated rings. The Balaban J connectivity index is 1.21. The molecule has 214 valence electrons. The third-order valence-corrected chi connectivity index (χ3v) is 7.97. The van der Waals surface area contributed by atoms with Gasteiger partial charge in [0, 0.05) is 31.6 Å². The summed E-state index contributed by atoms with van der Waals surface area (Å²) in [5.41, 5.74) is 8.05. The molecule has 0 radical (unpaired) electrons. The SMILES string of the molecule is NCCOCCOCCNc1nc(NCCC(c2ccccc2)c2ccccc2)nc(NC2CC3CCC2C3)n1. The first-order chi connectivity index (χ1) is 19.8. The molecule has 3 atom stereocenters. The number of nitrogens with zero attached hydrogens (tertiary/aromatic N) is 3. The smallest absolute Gasteiger partial charge is 0.229 e. The number of ether oxygens (including phenoxy) is 2. The van der Waals surface area contributed by atoms with Gasteiger partial charge in [0.15, 0.2) is 0 Å². The highest BCUT2D eigenvalue weighted by Gasteiger charge is 2.39. The van der Waals surface area contributed by atoms with Crippen LogP contribution in [0.1, 0.15) is 49.1 Å². The van der Waals surface area contributed by atoms with Gasteiger partial charge in [-0.3, -0.25) is 0 Å². The molecule has 0 aliphatic heterocycles. The molecule has 2 aliphatic rings. The average Bonchev–Trinajstić information content (AvgIpc) is 3.61. The lowest BCUT2D eigenvalue weighted by molar-refractivity contribution is 0.0547. The number of nitrogens with one attached hydrogen (secondary N) is 3. The molecule has 1 heterocycles. The van der Waals surface area contributed by atoms with E-state index in [4.69, 9.17) is 25.2 Å². The van der Waals surface area contributed by atoms with Gasteiger partial charge in [0.05, 0.1) is 26.4 Å². The van der Waals surface area contributed by atoms with Gasteiger partial charge in [-0.25, -0.2) is 0 Å². The van der Waals surface area contributed by atoms with Crippen molar-refractivity contribution < 1.29 is 9.47 Å². The van der Waals surface area contributed by atoms with Crippen molar-refractivity contribution in [1.82, 2.24) is 15.0 Å². The number of aromatic nitrogens is 3. The molecular weight excluding hydrogens is 502 g/mol. The Morgan fingerprint density at radius 3 is 1.95 bits per heavy atom. The maximum Gasteiger partial charge on any atom is 0.229 e. The minimum Gasteiger partial charge on any atom is -0.378 e. The number of fused-ring (bicyclic) bond motifs is 2. The van der Waals surface area contributed by atoms with Crippen LogP contribution in [0.25, 0.3) is 0 Å². The van der Waals surface area contributed by atoms with E-state index in [1.54, 1.807) is 0 Å². The molecule has 0 spiro atoms. The molecule has 2 aromatic carbocycles. The summed E-state index contributed by atoms with van der Waals surface area (Å²) in [5, 5.41) is 10.4. The maximum absolute atomic E-state index is 5.65. The molecule has 0 amide bonds. The van der Waals surface area contributed by atoms with Crippen LogP contribution in [0.5, 0.6) is 0 Å². The van der Waals surface area contributed by atoms with E-state index in [9.17, 15) is 0 Å². The van der Waals surface area contributed by atoms with Crippen LogP contribution in [-0.2, 0) is 9.47 Å². The second-order valence-corrected chi connectivity index (χ2v) is 10.8. The fraction of sp³-hybridized carbons (Fsp3) is 0.516. The van der Waals surface area contributed by atoms with Crippen LogP contribution >= 0.6 is 0 Å². The van der Waals surface area contributed by atoms with E-state index in [2.05, 4.69) is 81.6 Å². The van der Waals surface area contributed by atoms with E-state index in [1.165, 1.54) is 36.8 Å². The molecule has 2 aliphatic carbocycles. The molecule has 40 heavy (non-hydrogen) atoms. The van der Waals surface area contributed by atoms with Gasteiger partial charge >= 0.3 is 0 Å². The van der Waals surface area contributed by atoms with E-state index in [0.717, 1.165) is 24.8 Å². The summed E-state index contributed by atoms with van der Waals surface area (Å²) in [7, 11) is 0. The predicted molar refractivity (Wildman–Crippen MR) is 160 cm³/mol. The molecule has 2 bridgehead atoms. The lowest BCUT2D eigenvalue weighted by Gasteiger charge is -2.23. The summed E-state index contributed by atoms with van der Waals surface area (Å²) < 4.78 is 11.0. The summed E-state index contributed by atoms with van der Waals surface area (Å²) in [6, 6.07) is 21.8. The Hall–Kier alpha value is -3.27. The lowest BCUT2D eigenvalue weighted by Crippen LogP contribution is -2.27. The van der Waals surface area contributed by atoms with E-state index in [-0.39, 0.29) is 5.92 Å². The molecule has 2 saturated carbocycles. The number of anilines is 3. The third kappa shape index (κ3) is 8.13. The topological polar surface area (TPSA) is 119 Å². The Bertz CT molecular complexity index is 1110. The first-order valence-electron chi connectivity index (χ1n) is 14.7. The molecular formula is C31H43N7O2. The van der Waals surface area contributed by atoms with Crippen LogP contribution in [0.15, 0.2) is 60.7 Å². The minimum atomic E-state index is 0.284. The summed E-state index contributed by atoms with van der Waals surface area (Å²) >= 11 is 0. The highest BCUT2D eigenvalue weighted by Crippen LogP contribution is 2.45. The standard InChI is InChI=1S/C31H43N7O2/c32-14-17-39-19-20-40-18-16-34-30-36-29(37-31(38-30)35-28-22-23-11-12-26(28)21-23)33-15-13-27(24-7-3-1-4-8-24)25-9-5-2-6-10-25/h1-10,23,26-28H,11-22,32H2,(H3,33,34,35,36,37,38). The van der Waals surface area contributed by atoms with Gasteiger partial charge in [-0.2, -0.15) is 15.0 Å². The van der Waals surface area contributed by atoms with Crippen molar-refractivity contribution in [2.45, 2.75) is 44.1 Å². The number of rotatable bonds is 17. The van der Waals surface area contributed by atoms with Gasteiger partial charge < -0.3 is 31.2 Å². The second kappa shape index (κ2) is 14.9. The van der Waals surface area contributed by atoms with Crippen LogP contribution in [-0.4, -0.2) is 67.1 Å². The largest absolute Gasteiger partial charge is 0.378 e. The minimum absolute atomic E-state index is 0.284. The normalized spacial score (nSPS) is 19.7. The van der Waals surface area contributed by atoms with Crippen molar-refractivity contribution in [3.63, 3.8) is 0 Å². The lowest BCUT2D eigenvalue weighted by atomic mass is 9.88. The van der Waals surface area contributed by atoms with Crippen LogP contribution in [0.3, 0.4) is 0 Å². The molecule has 9 nitrogen and oxygen atoms in total. The predicted octanol–water partition coefficient (Wildman–Crippen LogP) is 4.51. The quantitative estimate of drug-likeness (QED) is 0.182. The molecule has 9 heteroatoms. The highest BCUT2D eigenvalue weighted by molar-refractivity contribution is 5.43. The van der Waals surface area contributed by atoms with Crippen LogP contribution in [0, 0.1) is 11.8 Å². The number of benzene rings is 2. The maximum atomic E-state index is 5.65. The van der Waals surface area contributed by atoms with Gasteiger partial charge in [-0.05, 0) is 48.6 Å². The van der Waals surface area contributed by atoms with E-state index in [0.29, 0.717) is 63.4 Å². The zero-order chi connectivity index (χ0) is 27.4. The van der Waals surface area contributed by atoms with Crippen molar-refractivity contribution in [2.24, 2.45) is 17.6 Å². The molecule has 0 saturated heterocycles. The molecule has 1 aromatic heterocycles. The van der Waals surface area contributed by atoms with Crippen molar-refractivity contribution in [3.8, 4) is 0 Å². The summed E-state index contributed by atoms with van der Waals surface area (Å²) in [6.45, 7) is 4.02. The molecule has 3 unspecified atom stereocenters. The first kappa shape index (κ1) is 28.3. The van der Waals surface area contributed by atoms with Crippen LogP contribution in [0.2, 0.25) is 0 Å². The Kier molecular flexibility index (Phi) is 10.5. The highest BCUT2D eigenvalue weighted by atomic mass is 16.5. The van der Waals surface area contributed by atoms with Gasteiger partial charge in [-0.1, -0.05) is 67.1 Å². The average molecular weight is 546 g/mol. The van der Waals surface area contributed by atoms with Crippen molar-refractivity contribution in [2.75, 3.05) is 62.0 Å². The molecule has 5 rings (SSSR count). The fourth-order valence-corrected chi connectivity index (χ4v) is 6.05. The zero-order valence-corrected chi connectivity index (χ0v) is 23.3. The van der Waals surface area contributed by atoms with E-state index >= 15 is 0 Å². The van der Waals surface area contributed by atoms with E-state index < -0.39 is 0 Å². The van der Waals surface area contributed by atoms with Crippen LogP contribution < -0.4 is 21.7 Å². The monoisotopic (exact) mass is 545 g/mol. The fourth-order valence-electron chi connectivity index (χ4n) is 6.05. The second-order valence-electron chi connectivity index (χ2n) is 10.8.